The zero-order valence-electron chi connectivity index (χ0n) is 9.50. The maximum atomic E-state index is 5.54. The van der Waals surface area contributed by atoms with E-state index in [4.69, 9.17) is 10.5 Å². The zero-order valence-corrected chi connectivity index (χ0v) is 9.50. The first-order chi connectivity index (χ1) is 8.28. The summed E-state index contributed by atoms with van der Waals surface area (Å²) in [5.74, 6) is 1.27. The van der Waals surface area contributed by atoms with Gasteiger partial charge >= 0.3 is 0 Å². The molecule has 0 aliphatic heterocycles. The van der Waals surface area contributed by atoms with Gasteiger partial charge in [0.15, 0.2) is 0 Å². The molecule has 2 aromatic rings. The van der Waals surface area contributed by atoms with Crippen LogP contribution in [0.4, 0.5) is 11.8 Å². The number of nitrogen functional groups attached to an aromatic ring is 1. The van der Waals surface area contributed by atoms with E-state index in [1.165, 1.54) is 7.11 Å². The standard InChI is InChI=1S/C10H14N6O/c1-17-9-7-8(14-10(11)15-9)12-4-6-16-5-2-3-13-16/h2-3,5,7H,4,6H2,1H3,(H3,11,12,14,15). The van der Waals surface area contributed by atoms with Gasteiger partial charge in [0.05, 0.1) is 13.7 Å². The van der Waals surface area contributed by atoms with Crippen LogP contribution in [0.2, 0.25) is 0 Å². The molecule has 0 saturated heterocycles. The number of nitrogens with one attached hydrogen (secondary N) is 1. The van der Waals surface area contributed by atoms with Crippen LogP contribution >= 0.6 is 0 Å². The molecule has 3 N–H and O–H groups in total. The predicted octanol–water partition coefficient (Wildman–Crippen LogP) is 0.376. The predicted molar refractivity (Wildman–Crippen MR) is 63.7 cm³/mol. The molecule has 0 unspecified atom stereocenters. The molecule has 0 radical (unpaired) electrons. The van der Waals surface area contributed by atoms with Crippen molar-refractivity contribution < 1.29 is 4.74 Å². The van der Waals surface area contributed by atoms with Crippen LogP contribution < -0.4 is 15.8 Å². The summed E-state index contributed by atoms with van der Waals surface area (Å²) in [6.45, 7) is 1.44. The molecule has 0 aliphatic carbocycles. The van der Waals surface area contributed by atoms with Crippen LogP contribution in [-0.2, 0) is 6.54 Å². The molecule has 0 aromatic carbocycles. The van der Waals surface area contributed by atoms with E-state index in [-0.39, 0.29) is 5.95 Å². The minimum atomic E-state index is 0.186. The van der Waals surface area contributed by atoms with Crippen molar-refractivity contribution in [2.75, 3.05) is 24.7 Å². The summed E-state index contributed by atoms with van der Waals surface area (Å²) >= 11 is 0. The molecule has 7 heteroatoms. The molecule has 2 rings (SSSR count). The molecule has 2 heterocycles. The Balaban J connectivity index is 1.92. The van der Waals surface area contributed by atoms with Crippen LogP contribution in [0.15, 0.2) is 24.5 Å². The summed E-state index contributed by atoms with van der Waals surface area (Å²) in [4.78, 5) is 7.94. The van der Waals surface area contributed by atoms with Crippen LogP contribution in [0.5, 0.6) is 5.88 Å². The maximum Gasteiger partial charge on any atom is 0.225 e. The molecular formula is C10H14N6O. The summed E-state index contributed by atoms with van der Waals surface area (Å²) in [5.41, 5.74) is 5.54. The third-order valence-electron chi connectivity index (χ3n) is 2.14. The molecule has 0 aliphatic rings. The molecule has 0 atom stereocenters. The van der Waals surface area contributed by atoms with Gasteiger partial charge in [-0.1, -0.05) is 0 Å². The number of rotatable bonds is 5. The van der Waals surface area contributed by atoms with Gasteiger partial charge in [-0.05, 0) is 6.07 Å². The topological polar surface area (TPSA) is 90.9 Å². The van der Waals surface area contributed by atoms with E-state index in [9.17, 15) is 0 Å². The van der Waals surface area contributed by atoms with E-state index in [0.29, 0.717) is 18.2 Å². The van der Waals surface area contributed by atoms with Gasteiger partial charge < -0.3 is 15.8 Å². The Morgan fingerprint density at radius 2 is 2.35 bits per heavy atom. The monoisotopic (exact) mass is 234 g/mol. The number of hydrogen-bond donors (Lipinski definition) is 2. The molecular weight excluding hydrogens is 220 g/mol. The van der Waals surface area contributed by atoms with E-state index in [0.717, 1.165) is 6.54 Å². The quantitative estimate of drug-likeness (QED) is 0.777. The molecule has 0 bridgehead atoms. The van der Waals surface area contributed by atoms with E-state index >= 15 is 0 Å². The number of nitrogens with zero attached hydrogens (tertiary/aromatic N) is 4. The van der Waals surface area contributed by atoms with E-state index < -0.39 is 0 Å². The Morgan fingerprint density at radius 3 is 3.06 bits per heavy atom. The molecule has 0 saturated carbocycles. The second-order valence-electron chi connectivity index (χ2n) is 3.35. The highest BCUT2D eigenvalue weighted by molar-refractivity contribution is 5.42. The van der Waals surface area contributed by atoms with Gasteiger partial charge in [-0.15, -0.1) is 0 Å². The van der Waals surface area contributed by atoms with Gasteiger partial charge in [0.1, 0.15) is 5.82 Å². The zero-order chi connectivity index (χ0) is 12.1. The minimum Gasteiger partial charge on any atom is -0.481 e. The average Bonchev–Trinajstić information content (AvgIpc) is 2.81. The summed E-state index contributed by atoms with van der Waals surface area (Å²) in [6, 6.07) is 3.57. The Labute approximate surface area is 98.6 Å². The van der Waals surface area contributed by atoms with Crippen molar-refractivity contribution in [3.8, 4) is 5.88 Å². The molecule has 7 nitrogen and oxygen atoms in total. The third-order valence-corrected chi connectivity index (χ3v) is 2.14. The largest absolute Gasteiger partial charge is 0.481 e. The number of aromatic nitrogens is 4. The molecule has 90 valence electrons. The first-order valence-electron chi connectivity index (χ1n) is 5.18. The highest BCUT2D eigenvalue weighted by Gasteiger charge is 2.01. The molecule has 2 aromatic heterocycles. The fraction of sp³-hybridized carbons (Fsp3) is 0.300. The van der Waals surface area contributed by atoms with Gasteiger partial charge in [0, 0.05) is 25.0 Å². The Hall–Kier alpha value is -2.31. The van der Waals surface area contributed by atoms with E-state index in [1.54, 1.807) is 12.3 Å². The lowest BCUT2D eigenvalue weighted by atomic mass is 10.5. The van der Waals surface area contributed by atoms with Crippen LogP contribution in [0.25, 0.3) is 0 Å². The number of nitrogens with two attached hydrogens (primary N) is 1. The molecule has 0 spiro atoms. The van der Waals surface area contributed by atoms with Crippen LogP contribution in [-0.4, -0.2) is 33.4 Å². The molecule has 0 fully saturated rings. The summed E-state index contributed by atoms with van der Waals surface area (Å²) < 4.78 is 6.83. The van der Waals surface area contributed by atoms with Crippen LogP contribution in [0.3, 0.4) is 0 Å². The summed E-state index contributed by atoms with van der Waals surface area (Å²) in [5, 5.41) is 7.22. The van der Waals surface area contributed by atoms with Crippen molar-refractivity contribution in [2.45, 2.75) is 6.54 Å². The molecule has 17 heavy (non-hydrogen) atoms. The summed E-state index contributed by atoms with van der Waals surface area (Å²) in [7, 11) is 1.54. The minimum absolute atomic E-state index is 0.186. The van der Waals surface area contributed by atoms with E-state index in [2.05, 4.69) is 20.4 Å². The van der Waals surface area contributed by atoms with Crippen molar-refractivity contribution in [2.24, 2.45) is 0 Å². The van der Waals surface area contributed by atoms with Crippen molar-refractivity contribution in [3.63, 3.8) is 0 Å². The van der Waals surface area contributed by atoms with Gasteiger partial charge in [0.25, 0.3) is 0 Å². The molecule has 0 amide bonds. The first-order valence-corrected chi connectivity index (χ1v) is 5.18. The number of methoxy groups -OCH3 is 1. The van der Waals surface area contributed by atoms with E-state index in [1.807, 2.05) is 16.9 Å². The average molecular weight is 234 g/mol. The second-order valence-corrected chi connectivity index (χ2v) is 3.35. The fourth-order valence-electron chi connectivity index (χ4n) is 1.37. The van der Waals surface area contributed by atoms with Gasteiger partial charge in [-0.25, -0.2) is 0 Å². The fourth-order valence-corrected chi connectivity index (χ4v) is 1.37. The lowest BCUT2D eigenvalue weighted by molar-refractivity contribution is 0.398. The normalized spacial score (nSPS) is 10.2. The third kappa shape index (κ3) is 3.07. The summed E-state index contributed by atoms with van der Waals surface area (Å²) in [6.07, 6.45) is 3.64. The highest BCUT2D eigenvalue weighted by atomic mass is 16.5. The second kappa shape index (κ2) is 5.15. The highest BCUT2D eigenvalue weighted by Crippen LogP contribution is 2.13. The van der Waals surface area contributed by atoms with Gasteiger partial charge in [0.2, 0.25) is 11.8 Å². The Kier molecular flexibility index (Phi) is 3.39. The number of ether oxygens (including phenoxy) is 1. The van der Waals surface area contributed by atoms with Crippen molar-refractivity contribution >= 4 is 11.8 Å². The van der Waals surface area contributed by atoms with Crippen LogP contribution in [0.1, 0.15) is 0 Å². The smallest absolute Gasteiger partial charge is 0.225 e. The van der Waals surface area contributed by atoms with Crippen molar-refractivity contribution in [1.82, 2.24) is 19.7 Å². The van der Waals surface area contributed by atoms with Gasteiger partial charge in [-0.2, -0.15) is 15.1 Å². The number of hydrogen-bond acceptors (Lipinski definition) is 6. The maximum absolute atomic E-state index is 5.54. The van der Waals surface area contributed by atoms with Crippen molar-refractivity contribution in [3.05, 3.63) is 24.5 Å². The lowest BCUT2D eigenvalue weighted by Crippen LogP contribution is -2.12. The van der Waals surface area contributed by atoms with Crippen molar-refractivity contribution in [1.29, 1.82) is 0 Å². The Morgan fingerprint density at radius 1 is 1.47 bits per heavy atom. The SMILES string of the molecule is COc1cc(NCCn2cccn2)nc(N)n1. The first kappa shape index (κ1) is 11.2. The lowest BCUT2D eigenvalue weighted by Gasteiger charge is -2.07. The van der Waals surface area contributed by atoms with Gasteiger partial charge in [-0.3, -0.25) is 4.68 Å². The Bertz CT molecular complexity index is 470. The number of anilines is 2. The van der Waals surface area contributed by atoms with Crippen LogP contribution in [0, 0.1) is 0 Å².